The summed E-state index contributed by atoms with van der Waals surface area (Å²) in [5, 5.41) is 8.80. The van der Waals surface area contributed by atoms with E-state index in [4.69, 9.17) is 10.00 Å². The molecule has 3 saturated carbocycles. The molecule has 3 aliphatic carbocycles. The zero-order chi connectivity index (χ0) is 17.8. The molecule has 3 fully saturated rings. The van der Waals surface area contributed by atoms with E-state index in [-0.39, 0.29) is 24.7 Å². The Kier molecular flexibility index (Phi) is 6.30. The molecule has 140 valence electrons. The minimum atomic E-state index is -1.55. The van der Waals surface area contributed by atoms with Crippen LogP contribution < -0.4 is 0 Å². The highest BCUT2D eigenvalue weighted by Gasteiger charge is 2.41. The molecule has 3 rings (SSSR count). The summed E-state index contributed by atoms with van der Waals surface area (Å²) < 4.78 is 33.1. The number of hydrogen-bond acceptors (Lipinski definition) is 3. The Hall–Kier alpha value is -1.18. The van der Waals surface area contributed by atoms with Crippen LogP contribution in [0.25, 0.3) is 0 Å². The molecule has 0 aromatic carbocycles. The van der Waals surface area contributed by atoms with Crippen molar-refractivity contribution in [2.45, 2.75) is 89.1 Å². The van der Waals surface area contributed by atoms with Gasteiger partial charge in [0.05, 0.1) is 12.0 Å². The van der Waals surface area contributed by atoms with E-state index in [2.05, 4.69) is 0 Å². The van der Waals surface area contributed by atoms with Gasteiger partial charge in [0.25, 0.3) is 0 Å². The first-order valence-electron chi connectivity index (χ1n) is 9.96. The van der Waals surface area contributed by atoms with Crippen LogP contribution in [-0.4, -0.2) is 24.4 Å². The standard InChI is InChI=1S/C20H29F2NO2/c21-18-10-16(11-19(22)17(18)12-23)25-20(24)15-8-6-14(7-9-15)13-4-2-1-3-5-13/h13-19H,1-11H2. The van der Waals surface area contributed by atoms with Crippen LogP contribution in [0.2, 0.25) is 0 Å². The van der Waals surface area contributed by atoms with Gasteiger partial charge in [-0.15, -0.1) is 0 Å². The molecule has 5 heteroatoms. The van der Waals surface area contributed by atoms with Gasteiger partial charge in [0, 0.05) is 12.8 Å². The fourth-order valence-electron chi connectivity index (χ4n) is 5.07. The zero-order valence-corrected chi connectivity index (χ0v) is 14.8. The second-order valence-electron chi connectivity index (χ2n) is 8.23. The van der Waals surface area contributed by atoms with Gasteiger partial charge in [0.2, 0.25) is 0 Å². The van der Waals surface area contributed by atoms with Gasteiger partial charge in [-0.05, 0) is 37.5 Å². The Labute approximate surface area is 149 Å². The van der Waals surface area contributed by atoms with Crippen molar-refractivity contribution < 1.29 is 18.3 Å². The van der Waals surface area contributed by atoms with Crippen molar-refractivity contribution in [1.29, 1.82) is 5.26 Å². The molecule has 2 unspecified atom stereocenters. The molecule has 2 atom stereocenters. The Morgan fingerprint density at radius 3 is 2.00 bits per heavy atom. The first kappa shape index (κ1) is 18.6. The largest absolute Gasteiger partial charge is 0.462 e. The fraction of sp³-hybridized carbons (Fsp3) is 0.900. The van der Waals surface area contributed by atoms with E-state index in [1.807, 2.05) is 0 Å². The quantitative estimate of drug-likeness (QED) is 0.679. The molecular weight excluding hydrogens is 324 g/mol. The molecule has 0 aromatic rings. The summed E-state index contributed by atoms with van der Waals surface area (Å²) in [6, 6.07) is 1.69. The summed E-state index contributed by atoms with van der Waals surface area (Å²) in [5.74, 6) is -0.0696. The number of halogens is 2. The second-order valence-corrected chi connectivity index (χ2v) is 8.23. The molecule has 0 bridgehead atoms. The van der Waals surface area contributed by atoms with Gasteiger partial charge < -0.3 is 4.74 Å². The number of nitrogens with zero attached hydrogens (tertiary/aromatic N) is 1. The van der Waals surface area contributed by atoms with Crippen molar-refractivity contribution in [1.82, 2.24) is 0 Å². The number of nitriles is 1. The van der Waals surface area contributed by atoms with Crippen molar-refractivity contribution >= 4 is 5.97 Å². The summed E-state index contributed by atoms with van der Waals surface area (Å²) in [6.07, 6.45) is 6.60. The summed E-state index contributed by atoms with van der Waals surface area (Å²) in [6.45, 7) is 0. The third-order valence-electron chi connectivity index (χ3n) is 6.61. The molecule has 0 aliphatic heterocycles. The smallest absolute Gasteiger partial charge is 0.309 e. The van der Waals surface area contributed by atoms with E-state index >= 15 is 0 Å². The fourth-order valence-corrected chi connectivity index (χ4v) is 5.07. The van der Waals surface area contributed by atoms with Crippen molar-refractivity contribution in [2.24, 2.45) is 23.7 Å². The zero-order valence-electron chi connectivity index (χ0n) is 14.8. The normalized spacial score (nSPS) is 40.2. The van der Waals surface area contributed by atoms with E-state index in [9.17, 15) is 13.6 Å². The molecular formula is C20H29F2NO2. The topological polar surface area (TPSA) is 50.1 Å². The van der Waals surface area contributed by atoms with Gasteiger partial charge in [0.15, 0.2) is 0 Å². The number of esters is 1. The number of alkyl halides is 2. The van der Waals surface area contributed by atoms with Crippen LogP contribution in [0, 0.1) is 35.0 Å². The van der Waals surface area contributed by atoms with Crippen LogP contribution in [0.15, 0.2) is 0 Å². The molecule has 0 radical (unpaired) electrons. The van der Waals surface area contributed by atoms with Gasteiger partial charge in [-0.3, -0.25) is 4.79 Å². The predicted octanol–water partition coefficient (Wildman–Crippen LogP) is 4.89. The number of carbonyl (C=O) groups excluding carboxylic acids is 1. The number of ether oxygens (including phenoxy) is 1. The van der Waals surface area contributed by atoms with Crippen molar-refractivity contribution in [3.8, 4) is 6.07 Å². The highest BCUT2D eigenvalue weighted by Crippen LogP contribution is 2.40. The lowest BCUT2D eigenvalue weighted by Crippen LogP contribution is -2.40. The first-order chi connectivity index (χ1) is 12.1. The number of rotatable bonds is 3. The Morgan fingerprint density at radius 2 is 1.44 bits per heavy atom. The lowest BCUT2D eigenvalue weighted by atomic mass is 9.71. The van der Waals surface area contributed by atoms with Gasteiger partial charge in [-0.25, -0.2) is 8.78 Å². The third kappa shape index (κ3) is 4.51. The van der Waals surface area contributed by atoms with Gasteiger partial charge >= 0.3 is 5.97 Å². The van der Waals surface area contributed by atoms with Crippen molar-refractivity contribution in [2.75, 3.05) is 0 Å². The van der Waals surface area contributed by atoms with Crippen molar-refractivity contribution in [3.05, 3.63) is 0 Å². The Morgan fingerprint density at radius 1 is 0.880 bits per heavy atom. The molecule has 0 N–H and O–H groups in total. The van der Waals surface area contributed by atoms with Crippen LogP contribution in [0.1, 0.15) is 70.6 Å². The first-order valence-corrected chi connectivity index (χ1v) is 9.96. The molecule has 3 aliphatic rings. The number of hydrogen-bond donors (Lipinski definition) is 0. The molecule has 0 amide bonds. The van der Waals surface area contributed by atoms with E-state index < -0.39 is 24.4 Å². The van der Waals surface area contributed by atoms with E-state index in [0.717, 1.165) is 37.5 Å². The molecule has 0 aromatic heterocycles. The average molecular weight is 353 g/mol. The van der Waals surface area contributed by atoms with E-state index in [0.29, 0.717) is 0 Å². The van der Waals surface area contributed by atoms with E-state index in [1.54, 1.807) is 6.07 Å². The minimum Gasteiger partial charge on any atom is -0.462 e. The van der Waals surface area contributed by atoms with Gasteiger partial charge in [-0.1, -0.05) is 32.1 Å². The van der Waals surface area contributed by atoms with Crippen LogP contribution in [0.3, 0.4) is 0 Å². The Bertz CT molecular complexity index is 480. The summed E-state index contributed by atoms with van der Waals surface area (Å²) in [7, 11) is 0. The van der Waals surface area contributed by atoms with Crippen LogP contribution in [0.4, 0.5) is 8.78 Å². The average Bonchev–Trinajstić information content (AvgIpc) is 2.62. The van der Waals surface area contributed by atoms with Gasteiger partial charge in [-0.2, -0.15) is 5.26 Å². The SMILES string of the molecule is N#CC1C(F)CC(OC(=O)C2CCC(C3CCCCC3)CC2)CC1F. The second kappa shape index (κ2) is 8.47. The lowest BCUT2D eigenvalue weighted by molar-refractivity contribution is -0.160. The maximum Gasteiger partial charge on any atom is 0.309 e. The van der Waals surface area contributed by atoms with E-state index in [1.165, 1.54) is 32.1 Å². The highest BCUT2D eigenvalue weighted by atomic mass is 19.1. The number of carbonyl (C=O) groups is 1. The summed E-state index contributed by atoms with van der Waals surface area (Å²) in [4.78, 5) is 12.4. The van der Waals surface area contributed by atoms with Crippen LogP contribution in [-0.2, 0) is 9.53 Å². The molecule has 25 heavy (non-hydrogen) atoms. The predicted molar refractivity (Wildman–Crippen MR) is 90.0 cm³/mol. The van der Waals surface area contributed by atoms with Crippen LogP contribution >= 0.6 is 0 Å². The molecule has 0 saturated heterocycles. The monoisotopic (exact) mass is 353 g/mol. The lowest BCUT2D eigenvalue weighted by Gasteiger charge is -2.36. The summed E-state index contributed by atoms with van der Waals surface area (Å²) in [5.41, 5.74) is 0. The van der Waals surface area contributed by atoms with Gasteiger partial charge in [0.1, 0.15) is 24.4 Å². The molecule has 0 spiro atoms. The summed E-state index contributed by atoms with van der Waals surface area (Å²) >= 11 is 0. The highest BCUT2D eigenvalue weighted by molar-refractivity contribution is 5.72. The molecule has 0 heterocycles. The third-order valence-corrected chi connectivity index (χ3v) is 6.61. The van der Waals surface area contributed by atoms with Crippen molar-refractivity contribution in [3.63, 3.8) is 0 Å². The maximum absolute atomic E-state index is 13.8. The minimum absolute atomic E-state index is 0.0538. The van der Waals surface area contributed by atoms with Crippen LogP contribution in [0.5, 0.6) is 0 Å². The Balaban J connectivity index is 1.44. The maximum atomic E-state index is 13.8. The molecule has 3 nitrogen and oxygen atoms in total.